The summed E-state index contributed by atoms with van der Waals surface area (Å²) in [6, 6.07) is 12.1. The number of halogens is 3. The third-order valence-corrected chi connectivity index (χ3v) is 7.21. The van der Waals surface area contributed by atoms with E-state index in [1.807, 2.05) is 0 Å². The number of aliphatic imine (C=N–C) groups is 1. The first-order chi connectivity index (χ1) is 16.6. The molecule has 0 spiro atoms. The van der Waals surface area contributed by atoms with Crippen molar-refractivity contribution in [2.24, 2.45) is 4.99 Å². The fourth-order valence-electron chi connectivity index (χ4n) is 3.95. The molecule has 3 N–H and O–H groups in total. The van der Waals surface area contributed by atoms with Crippen LogP contribution in [0.2, 0.25) is 0 Å². The lowest BCUT2D eigenvalue weighted by molar-refractivity contribution is 0.586. The smallest absolute Gasteiger partial charge is 0.266 e. The van der Waals surface area contributed by atoms with Gasteiger partial charge in [0.15, 0.2) is 0 Å². The molecule has 0 bridgehead atoms. The second kappa shape index (κ2) is 9.53. The van der Waals surface area contributed by atoms with E-state index in [1.165, 1.54) is 36.4 Å². The van der Waals surface area contributed by atoms with Crippen LogP contribution in [0.15, 0.2) is 64.5 Å². The minimum atomic E-state index is -4.07. The van der Waals surface area contributed by atoms with E-state index < -0.39 is 33.4 Å². The van der Waals surface area contributed by atoms with Gasteiger partial charge in [0.25, 0.3) is 10.0 Å². The maximum atomic E-state index is 15.1. The van der Waals surface area contributed by atoms with Gasteiger partial charge in [-0.25, -0.2) is 31.3 Å². The summed E-state index contributed by atoms with van der Waals surface area (Å²) in [6.45, 7) is 3.39. The molecule has 0 radical (unpaired) electrons. The molecule has 0 aliphatic carbocycles. The van der Waals surface area contributed by atoms with Gasteiger partial charge in [-0.1, -0.05) is 32.0 Å². The number of anilines is 1. The number of guanidine groups is 1. The third-order valence-electron chi connectivity index (χ3n) is 5.83. The van der Waals surface area contributed by atoms with E-state index in [-0.39, 0.29) is 41.4 Å². The number of fused-ring (bicyclic) bond motifs is 1. The molecule has 6 nitrogen and oxygen atoms in total. The molecule has 0 amide bonds. The van der Waals surface area contributed by atoms with Crippen LogP contribution in [-0.4, -0.2) is 20.1 Å². The molecule has 0 fully saturated rings. The number of hydrogen-bond donors (Lipinski definition) is 3. The number of sulfonamides is 1. The number of nitrogens with one attached hydrogen (secondary N) is 3. The highest BCUT2D eigenvalue weighted by atomic mass is 32.2. The van der Waals surface area contributed by atoms with Crippen molar-refractivity contribution in [3.8, 4) is 0 Å². The van der Waals surface area contributed by atoms with Crippen LogP contribution in [-0.2, 0) is 16.6 Å². The molecule has 0 saturated heterocycles. The maximum Gasteiger partial charge on any atom is 0.266 e. The van der Waals surface area contributed by atoms with Crippen molar-refractivity contribution in [3.05, 3.63) is 94.3 Å². The number of hydrogen-bond acceptors (Lipinski definition) is 4. The number of rotatable bonds is 6. The average molecular weight is 503 g/mol. The van der Waals surface area contributed by atoms with Gasteiger partial charge in [-0.05, 0) is 53.9 Å². The Kier molecular flexibility index (Phi) is 6.66. The maximum absolute atomic E-state index is 15.1. The van der Waals surface area contributed by atoms with Crippen molar-refractivity contribution in [1.29, 1.82) is 5.41 Å². The molecule has 3 aromatic rings. The second-order valence-corrected chi connectivity index (χ2v) is 9.80. The zero-order valence-corrected chi connectivity index (χ0v) is 19.8. The Morgan fingerprint density at radius 2 is 1.83 bits per heavy atom. The summed E-state index contributed by atoms with van der Waals surface area (Å²) < 4.78 is 71.0. The quantitative estimate of drug-likeness (QED) is 0.386. The summed E-state index contributed by atoms with van der Waals surface area (Å²) >= 11 is 0. The van der Waals surface area contributed by atoms with Crippen LogP contribution in [0.3, 0.4) is 0 Å². The normalized spacial score (nSPS) is 16.2. The first kappa shape index (κ1) is 24.5. The Labute approximate surface area is 203 Å². The molecular formula is C25H25F3N4O2S. The Balaban J connectivity index is 0.00000361. The molecule has 184 valence electrons. The molecule has 35 heavy (non-hydrogen) atoms. The summed E-state index contributed by atoms with van der Waals surface area (Å²) in [6.07, 6.45) is 0.320. The van der Waals surface area contributed by atoms with Crippen LogP contribution >= 0.6 is 0 Å². The summed E-state index contributed by atoms with van der Waals surface area (Å²) in [5.74, 6) is -2.47. The van der Waals surface area contributed by atoms with E-state index >= 15 is 4.39 Å². The molecule has 3 aromatic carbocycles. The highest BCUT2D eigenvalue weighted by molar-refractivity contribution is 7.90. The average Bonchev–Trinajstić information content (AvgIpc) is 2.81. The van der Waals surface area contributed by atoms with Crippen LogP contribution < -0.4 is 10.0 Å². The van der Waals surface area contributed by atoms with Gasteiger partial charge < -0.3 is 10.7 Å². The lowest BCUT2D eigenvalue weighted by Gasteiger charge is -2.27. The Hall–Kier alpha value is -3.66. The molecule has 1 unspecified atom stereocenters. The Morgan fingerprint density at radius 3 is 2.54 bits per heavy atom. The number of benzene rings is 3. The highest BCUT2D eigenvalue weighted by Crippen LogP contribution is 2.38. The van der Waals surface area contributed by atoms with E-state index in [0.29, 0.717) is 17.5 Å². The Morgan fingerprint density at radius 1 is 1.09 bits per heavy atom. The zero-order valence-electron chi connectivity index (χ0n) is 19.0. The van der Waals surface area contributed by atoms with Gasteiger partial charge in [0.05, 0.1) is 12.2 Å². The summed E-state index contributed by atoms with van der Waals surface area (Å²) in [4.78, 5) is 4.04. The van der Waals surface area contributed by atoms with Crippen molar-refractivity contribution in [2.45, 2.75) is 37.6 Å². The van der Waals surface area contributed by atoms with Crippen LogP contribution in [0.1, 0.15) is 49.9 Å². The van der Waals surface area contributed by atoms with Gasteiger partial charge >= 0.3 is 0 Å². The number of nitrogens with zero attached hydrogens (tertiary/aromatic N) is 1. The van der Waals surface area contributed by atoms with Crippen LogP contribution in [0, 0.1) is 22.9 Å². The van der Waals surface area contributed by atoms with Crippen LogP contribution in [0.4, 0.5) is 18.9 Å². The molecule has 1 heterocycles. The zero-order chi connectivity index (χ0) is 25.3. The Bertz CT molecular complexity index is 1460. The largest absolute Gasteiger partial charge is 0.324 e. The van der Waals surface area contributed by atoms with Crippen molar-refractivity contribution in [3.63, 3.8) is 0 Å². The first-order valence-electron chi connectivity index (χ1n) is 10.9. The van der Waals surface area contributed by atoms with E-state index in [9.17, 15) is 17.2 Å². The van der Waals surface area contributed by atoms with Crippen LogP contribution in [0.25, 0.3) is 0 Å². The lowest BCUT2D eigenvalue weighted by Crippen LogP contribution is -2.41. The van der Waals surface area contributed by atoms with Crippen molar-refractivity contribution in [1.82, 2.24) is 4.72 Å². The lowest BCUT2D eigenvalue weighted by atomic mass is 9.89. The molecular weight excluding hydrogens is 477 g/mol. The summed E-state index contributed by atoms with van der Waals surface area (Å²) in [5, 5.41) is 10.9. The second-order valence-electron chi connectivity index (χ2n) is 8.15. The predicted octanol–water partition coefficient (Wildman–Crippen LogP) is 5.54. The molecule has 1 aliphatic rings. The van der Waals surface area contributed by atoms with Gasteiger partial charge in [0, 0.05) is 24.2 Å². The van der Waals surface area contributed by atoms with Gasteiger partial charge in [-0.2, -0.15) is 0 Å². The third kappa shape index (κ3) is 4.93. The predicted molar refractivity (Wildman–Crippen MR) is 131 cm³/mol. The van der Waals surface area contributed by atoms with Gasteiger partial charge in [-0.3, -0.25) is 0 Å². The fourth-order valence-corrected chi connectivity index (χ4v) is 5.11. The monoisotopic (exact) mass is 502 g/mol. The summed E-state index contributed by atoms with van der Waals surface area (Å²) in [7, 11) is -4.07. The standard InChI is InChI=1S/C25H23F3N4O2S.H2/c1-3-21(29)18-12-16(7-8-19(18)27)14(2)23-20(28)9-10-22-24(23)31-25(32-35(22,33)34)30-13-15-5-4-6-17(26)11-15;/h4-12,14,29H,3,13H2,1-2H3,(H2,30,31,32);1H. The van der Waals surface area contributed by atoms with Crippen LogP contribution in [0.5, 0.6) is 0 Å². The van der Waals surface area contributed by atoms with Crippen molar-refractivity contribution in [2.75, 3.05) is 5.32 Å². The molecule has 1 aliphatic heterocycles. The molecule has 1 atom stereocenters. The fraction of sp³-hybridized carbons (Fsp3) is 0.200. The summed E-state index contributed by atoms with van der Waals surface area (Å²) in [5.41, 5.74) is 1.33. The molecule has 0 saturated carbocycles. The highest BCUT2D eigenvalue weighted by Gasteiger charge is 2.32. The van der Waals surface area contributed by atoms with Gasteiger partial charge in [0.2, 0.25) is 5.96 Å². The van der Waals surface area contributed by atoms with E-state index in [2.05, 4.69) is 15.0 Å². The minimum absolute atomic E-state index is 0. The molecule has 0 aromatic heterocycles. The van der Waals surface area contributed by atoms with Crippen molar-refractivity contribution < 1.29 is 23.0 Å². The molecule has 10 heteroatoms. The SMILES string of the molecule is CCC(=N)c1cc(C(C)c2c(F)ccc3c2NC(=NCc2cccc(F)c2)NS3(=O)=O)ccc1F.[HH]. The van der Waals surface area contributed by atoms with Gasteiger partial charge in [0.1, 0.15) is 22.3 Å². The van der Waals surface area contributed by atoms with E-state index in [1.54, 1.807) is 19.9 Å². The minimum Gasteiger partial charge on any atom is -0.324 e. The van der Waals surface area contributed by atoms with Crippen molar-refractivity contribution >= 4 is 27.4 Å². The van der Waals surface area contributed by atoms with E-state index in [0.717, 1.165) is 12.1 Å². The van der Waals surface area contributed by atoms with Gasteiger partial charge in [-0.15, -0.1) is 0 Å². The topological polar surface area (TPSA) is 94.4 Å². The molecule has 4 rings (SSSR count). The van der Waals surface area contributed by atoms with E-state index in [4.69, 9.17) is 5.41 Å². The first-order valence-corrected chi connectivity index (χ1v) is 12.4.